The lowest BCUT2D eigenvalue weighted by atomic mass is 9.90. The molecule has 0 saturated carbocycles. The van der Waals surface area contributed by atoms with Gasteiger partial charge in [-0.25, -0.2) is 38.2 Å². The van der Waals surface area contributed by atoms with Gasteiger partial charge in [-0.15, -0.1) is 0 Å². The molecule has 0 amide bonds. The minimum Gasteiger partial charge on any atom is -0.437 e. The minimum atomic E-state index is 0.379. The van der Waals surface area contributed by atoms with Gasteiger partial charge in [0.2, 0.25) is 45.6 Å². The highest BCUT2D eigenvalue weighted by atomic mass is 16.4. The molecule has 112 heavy (non-hydrogen) atoms. The smallest absolute Gasteiger partial charge is 0.227 e. The normalized spacial score (nSPS) is 11.8. The maximum Gasteiger partial charge on any atom is 0.227 e. The molecule has 0 aliphatic heterocycles. The first-order valence-electron chi connectivity index (χ1n) is 41.2. The predicted molar refractivity (Wildman–Crippen MR) is 462 cm³/mol. The highest BCUT2D eigenvalue weighted by Gasteiger charge is 2.29. The summed E-state index contributed by atoms with van der Waals surface area (Å²) in [5, 5.41) is 8.85. The second-order valence-electron chi connectivity index (χ2n) is 31.6. The molecule has 12 nitrogen and oxygen atoms in total. The predicted octanol–water partition coefficient (Wildman–Crippen LogP) is 25.3. The summed E-state index contributed by atoms with van der Waals surface area (Å²) in [7, 11) is 8.54. The van der Waals surface area contributed by atoms with Crippen LogP contribution in [0.3, 0.4) is 0 Å². The number of hydrogen-bond acceptors (Lipinski definition) is 8. The molecule has 12 heteroatoms. The van der Waals surface area contributed by atoms with Crippen LogP contribution < -0.4 is 18.3 Å². The van der Waals surface area contributed by atoms with E-state index >= 15 is 0 Å². The number of nitrogens with zero attached hydrogens (tertiary/aromatic N) is 8. The lowest BCUT2D eigenvalue weighted by molar-refractivity contribution is -0.661. The van der Waals surface area contributed by atoms with Gasteiger partial charge in [-0.3, -0.25) is 0 Å². The molecule has 0 aliphatic rings. The summed E-state index contributed by atoms with van der Waals surface area (Å²) in [6.07, 6.45) is 19.4. The third-order valence-corrected chi connectivity index (χ3v) is 24.0. The largest absolute Gasteiger partial charge is 0.437 e. The molecule has 16 rings (SSSR count). The number of aromatic nitrogens is 8. The Morgan fingerprint density at radius 1 is 0.295 bits per heavy atom. The van der Waals surface area contributed by atoms with E-state index in [9.17, 15) is 0 Å². The van der Waals surface area contributed by atoms with Crippen molar-refractivity contribution < 1.29 is 35.9 Å². The van der Waals surface area contributed by atoms with E-state index in [4.69, 9.17) is 27.6 Å². The summed E-state index contributed by atoms with van der Waals surface area (Å²) in [4.78, 5) is 18.7. The molecule has 16 aromatic rings. The van der Waals surface area contributed by atoms with Crippen LogP contribution in [-0.2, 0) is 34.6 Å². The molecule has 12 aromatic heterocycles. The van der Waals surface area contributed by atoms with Gasteiger partial charge in [0.15, 0.2) is 47.1 Å². The molecular weight excluding hydrogens is 1380 g/mol. The number of aryl methyl sites for hydroxylation is 12. The quantitative estimate of drug-likeness (QED) is 0.0779. The zero-order valence-electron chi connectivity index (χ0n) is 70.5. The lowest BCUT2D eigenvalue weighted by Crippen LogP contribution is -2.32. The van der Waals surface area contributed by atoms with Gasteiger partial charge in [0.05, 0.1) is 22.3 Å². The van der Waals surface area contributed by atoms with Crippen LogP contribution >= 0.6 is 0 Å². The molecular formula is C100H116N8O4+4. The van der Waals surface area contributed by atoms with Gasteiger partial charge in [-0.05, 0) is 230 Å². The minimum absolute atomic E-state index is 0.379. The number of benzene rings is 4. The van der Waals surface area contributed by atoms with Crippen LogP contribution in [0, 0.1) is 48.5 Å². The Balaban J connectivity index is 0.000000131. The zero-order chi connectivity index (χ0) is 79.7. The fourth-order valence-corrected chi connectivity index (χ4v) is 17.2. The average molecular weight is 1490 g/mol. The molecule has 12 heterocycles. The zero-order valence-corrected chi connectivity index (χ0v) is 70.5. The maximum absolute atomic E-state index is 6.36. The van der Waals surface area contributed by atoms with Crippen molar-refractivity contribution in [1.82, 2.24) is 19.9 Å². The Hall–Kier alpha value is -10.7. The van der Waals surface area contributed by atoms with Crippen LogP contribution in [0.2, 0.25) is 0 Å². The Bertz CT molecular complexity index is 6150. The average Bonchev–Trinajstić information content (AvgIpc) is 1.59. The van der Waals surface area contributed by atoms with Crippen molar-refractivity contribution in [2.45, 2.75) is 212 Å². The molecule has 0 aliphatic carbocycles. The van der Waals surface area contributed by atoms with Crippen LogP contribution in [0.5, 0.6) is 0 Å². The van der Waals surface area contributed by atoms with Crippen molar-refractivity contribution in [2.24, 2.45) is 28.2 Å². The SMILES string of the molecule is CCC(CC)c1c[n+](C)c(-c2c(C)ccc3c2oc2nc(C)ccc23)cc1C.CCC(CC)c1ccc(-c2c(C)ccc3c2oc2nc(C(C)C)ccc23)[n+](C)c1.CCC(CC)c1ccc(-c2c(C)ccc3c2oc2nc(C)ccc23)[n+](C)c1.CCc1ccc2c(n1)oc1c(-c3ccc(C(CC)CC)c[n+]3C)c(C)ccc12. The lowest BCUT2D eigenvalue weighted by Gasteiger charge is -2.15. The van der Waals surface area contributed by atoms with Gasteiger partial charge in [0.1, 0.15) is 28.2 Å². The first-order chi connectivity index (χ1) is 54.0. The summed E-state index contributed by atoms with van der Waals surface area (Å²) in [5.41, 5.74) is 31.9. The van der Waals surface area contributed by atoms with Crippen LogP contribution in [-0.4, -0.2) is 19.9 Å². The highest BCUT2D eigenvalue weighted by molar-refractivity contribution is 6.12. The van der Waals surface area contributed by atoms with Gasteiger partial charge in [-0.1, -0.05) is 125 Å². The van der Waals surface area contributed by atoms with Crippen molar-refractivity contribution >= 4 is 88.3 Å². The van der Waals surface area contributed by atoms with E-state index in [0.29, 0.717) is 35.3 Å². The van der Waals surface area contributed by atoms with E-state index in [1.807, 2.05) is 26.0 Å². The third-order valence-electron chi connectivity index (χ3n) is 24.0. The summed E-state index contributed by atoms with van der Waals surface area (Å²) in [6.45, 7) is 39.4. The highest BCUT2D eigenvalue weighted by Crippen LogP contribution is 2.43. The molecule has 0 bridgehead atoms. The number of furan rings is 4. The van der Waals surface area contributed by atoms with Crippen LogP contribution in [0.1, 0.15) is 230 Å². The fraction of sp³-hybridized carbons (Fsp3) is 0.360. The van der Waals surface area contributed by atoms with Gasteiger partial charge in [0.25, 0.3) is 0 Å². The molecule has 0 saturated heterocycles. The van der Waals surface area contributed by atoms with E-state index < -0.39 is 0 Å². The van der Waals surface area contributed by atoms with E-state index in [-0.39, 0.29) is 0 Å². The number of fused-ring (bicyclic) bond motifs is 12. The third kappa shape index (κ3) is 15.3. The van der Waals surface area contributed by atoms with Gasteiger partial charge < -0.3 is 17.7 Å². The molecule has 0 radical (unpaired) electrons. The Morgan fingerprint density at radius 3 is 0.929 bits per heavy atom. The molecule has 0 atom stereocenters. The van der Waals surface area contributed by atoms with E-state index in [0.717, 1.165) is 147 Å². The van der Waals surface area contributed by atoms with Gasteiger partial charge >= 0.3 is 0 Å². The Kier molecular flexibility index (Phi) is 23.9. The van der Waals surface area contributed by atoms with Crippen molar-refractivity contribution in [2.75, 3.05) is 0 Å². The van der Waals surface area contributed by atoms with Crippen LogP contribution in [0.15, 0.2) is 182 Å². The van der Waals surface area contributed by atoms with Crippen molar-refractivity contribution in [3.63, 3.8) is 0 Å². The van der Waals surface area contributed by atoms with E-state index in [2.05, 4.69) is 319 Å². The second-order valence-corrected chi connectivity index (χ2v) is 31.6. The maximum atomic E-state index is 6.36. The molecule has 4 aromatic carbocycles. The molecule has 0 spiro atoms. The van der Waals surface area contributed by atoms with Gasteiger partial charge in [-0.2, -0.15) is 0 Å². The first kappa shape index (κ1) is 79.4. The van der Waals surface area contributed by atoms with E-state index in [1.54, 1.807) is 0 Å². The Labute approximate surface area is 662 Å². The molecule has 576 valence electrons. The fourth-order valence-electron chi connectivity index (χ4n) is 17.2. The summed E-state index contributed by atoms with van der Waals surface area (Å²) in [5.74, 6) is 2.82. The topological polar surface area (TPSA) is 120 Å². The van der Waals surface area contributed by atoms with Crippen LogP contribution in [0.25, 0.3) is 133 Å². The number of rotatable bonds is 18. The molecule has 0 unspecified atom stereocenters. The molecule has 0 fully saturated rings. The van der Waals surface area contributed by atoms with Crippen LogP contribution in [0.4, 0.5) is 0 Å². The molecule has 0 N–H and O–H groups in total. The summed E-state index contributed by atoms with van der Waals surface area (Å²) < 4.78 is 34.2. The van der Waals surface area contributed by atoms with E-state index in [1.165, 1.54) is 111 Å². The number of hydrogen-bond donors (Lipinski definition) is 0. The summed E-state index contributed by atoms with van der Waals surface area (Å²) in [6, 6.07) is 50.1. The van der Waals surface area contributed by atoms with Crippen molar-refractivity contribution in [3.8, 4) is 45.0 Å². The monoisotopic (exact) mass is 1490 g/mol. The number of pyridine rings is 8. The summed E-state index contributed by atoms with van der Waals surface area (Å²) >= 11 is 0. The Morgan fingerprint density at radius 2 is 0.598 bits per heavy atom. The van der Waals surface area contributed by atoms with Crippen molar-refractivity contribution in [3.05, 3.63) is 237 Å². The van der Waals surface area contributed by atoms with Crippen molar-refractivity contribution in [1.29, 1.82) is 0 Å². The second kappa shape index (κ2) is 33.7. The standard InChI is InChI=1S/C26H31N2O.2C25H29N2O.C24H27N2O/c1-7-18(8-2)19-10-14-23(28(6)15-19)24-17(5)9-11-20-21-12-13-22(16(3)4)27-26(21)29-25(20)24;1-7-18(8-2)21-14-27(6)22(13-16(21)4)23-15(3)9-11-19-20-12-10-17(5)26-25(20)28-24(19)23;1-6-17(7-2)18-10-14-22(27(5)15-18)23-16(4)9-12-20-21-13-11-19(8-3)26-25(21)28-24(20)23;1-6-17(7-2)18-10-13-21(26(5)14-18)22-15(3)8-11-19-20-12-9-16(4)25-24(20)27-23(19)22/h9-16,18H,7-8H2,1-6H3;9-14,18H,7-8H2,1-6H3;9-15,17H,6-8H2,1-5H3;8-14,17H,6-7H2,1-5H3/q4*+1. The first-order valence-corrected chi connectivity index (χ1v) is 41.2. The van der Waals surface area contributed by atoms with Gasteiger partial charge in [0, 0.05) is 112 Å².